The molecule has 1 aliphatic carbocycles. The quantitative estimate of drug-likeness (QED) is 0.707. The summed E-state index contributed by atoms with van der Waals surface area (Å²) in [7, 11) is 1.95. The maximum Gasteiger partial charge on any atom is 0.227 e. The van der Waals surface area contributed by atoms with Gasteiger partial charge in [0.2, 0.25) is 17.6 Å². The third-order valence-electron chi connectivity index (χ3n) is 4.61. The molecule has 1 aliphatic rings. The molecule has 0 unspecified atom stereocenters. The summed E-state index contributed by atoms with van der Waals surface area (Å²) < 4.78 is 7.23. The van der Waals surface area contributed by atoms with Gasteiger partial charge in [0.25, 0.3) is 0 Å². The fraction of sp³-hybridized carbons (Fsp3) is 0.368. The predicted molar refractivity (Wildman–Crippen MR) is 94.9 cm³/mol. The number of benzene rings is 1. The lowest BCUT2D eigenvalue weighted by atomic mass is 10.1. The van der Waals surface area contributed by atoms with Gasteiger partial charge in [-0.2, -0.15) is 4.98 Å². The maximum atomic E-state index is 12.4. The van der Waals surface area contributed by atoms with Crippen LogP contribution in [0.3, 0.4) is 0 Å². The number of carbonyl (C=O) groups is 1. The van der Waals surface area contributed by atoms with Crippen molar-refractivity contribution in [2.45, 2.75) is 31.7 Å². The van der Waals surface area contributed by atoms with Crippen LogP contribution < -0.4 is 5.32 Å². The van der Waals surface area contributed by atoms with Crippen LogP contribution in [0.2, 0.25) is 0 Å². The molecule has 1 amide bonds. The number of rotatable bonds is 7. The average molecular weight is 351 g/mol. The van der Waals surface area contributed by atoms with E-state index in [9.17, 15) is 4.79 Å². The number of nitrogens with zero attached hydrogens (tertiary/aromatic N) is 4. The van der Waals surface area contributed by atoms with Crippen molar-refractivity contribution >= 4 is 5.91 Å². The van der Waals surface area contributed by atoms with Crippen molar-refractivity contribution in [3.8, 4) is 11.4 Å². The number of carbonyl (C=O) groups excluding carboxylic acids is 1. The molecule has 2 heterocycles. The van der Waals surface area contributed by atoms with Gasteiger partial charge in [0.15, 0.2) is 0 Å². The topological polar surface area (TPSA) is 85.8 Å². The number of imidazole rings is 1. The van der Waals surface area contributed by atoms with Crippen molar-refractivity contribution in [3.63, 3.8) is 0 Å². The van der Waals surface area contributed by atoms with Crippen LogP contribution in [0.25, 0.3) is 11.4 Å². The molecule has 2 aromatic heterocycles. The third kappa shape index (κ3) is 3.66. The van der Waals surface area contributed by atoms with Gasteiger partial charge in [0.1, 0.15) is 5.82 Å². The number of hydrogen-bond donors (Lipinski definition) is 1. The van der Waals surface area contributed by atoms with Crippen LogP contribution in [0.1, 0.15) is 37.0 Å². The lowest BCUT2D eigenvalue weighted by molar-refractivity contribution is -0.122. The van der Waals surface area contributed by atoms with E-state index in [1.807, 2.05) is 48.1 Å². The SMILES string of the molecule is Cn1ccnc1[C@H](NC(=O)CCc1nc(-c2ccccc2)no1)C1CC1. The highest BCUT2D eigenvalue weighted by Gasteiger charge is 2.35. The summed E-state index contributed by atoms with van der Waals surface area (Å²) in [5.74, 6) is 2.38. The molecule has 0 spiro atoms. The van der Waals surface area contributed by atoms with Gasteiger partial charge >= 0.3 is 0 Å². The minimum atomic E-state index is -0.0237. The lowest BCUT2D eigenvalue weighted by Gasteiger charge is -2.17. The zero-order valence-electron chi connectivity index (χ0n) is 14.6. The lowest BCUT2D eigenvalue weighted by Crippen LogP contribution is -2.31. The van der Waals surface area contributed by atoms with Crippen LogP contribution in [-0.4, -0.2) is 25.6 Å². The van der Waals surface area contributed by atoms with Crippen LogP contribution >= 0.6 is 0 Å². The highest BCUT2D eigenvalue weighted by molar-refractivity contribution is 5.76. The maximum absolute atomic E-state index is 12.4. The number of hydrogen-bond acceptors (Lipinski definition) is 5. The molecule has 1 atom stereocenters. The number of nitrogens with one attached hydrogen (secondary N) is 1. The molecule has 1 N–H and O–H groups in total. The molecule has 0 radical (unpaired) electrons. The van der Waals surface area contributed by atoms with E-state index >= 15 is 0 Å². The van der Waals surface area contributed by atoms with Gasteiger partial charge in [-0.05, 0) is 18.8 Å². The van der Waals surface area contributed by atoms with Crippen molar-refractivity contribution in [2.75, 3.05) is 0 Å². The summed E-state index contributed by atoms with van der Waals surface area (Å²) in [6, 6.07) is 9.61. The molecule has 7 nitrogen and oxygen atoms in total. The van der Waals surface area contributed by atoms with Gasteiger partial charge in [0, 0.05) is 37.8 Å². The van der Waals surface area contributed by atoms with Crippen molar-refractivity contribution in [2.24, 2.45) is 13.0 Å². The van der Waals surface area contributed by atoms with Crippen LogP contribution in [0, 0.1) is 5.92 Å². The number of aromatic nitrogens is 4. The zero-order valence-corrected chi connectivity index (χ0v) is 14.6. The second-order valence-electron chi connectivity index (χ2n) is 6.66. The van der Waals surface area contributed by atoms with Gasteiger partial charge < -0.3 is 14.4 Å². The van der Waals surface area contributed by atoms with Crippen LogP contribution in [-0.2, 0) is 18.3 Å². The second kappa shape index (κ2) is 7.11. The van der Waals surface area contributed by atoms with E-state index in [0.29, 0.717) is 30.5 Å². The molecular formula is C19H21N5O2. The van der Waals surface area contributed by atoms with Crippen LogP contribution in [0.4, 0.5) is 0 Å². The normalized spacial score (nSPS) is 15.0. The van der Waals surface area contributed by atoms with E-state index in [4.69, 9.17) is 4.52 Å². The Morgan fingerprint density at radius 2 is 2.15 bits per heavy atom. The van der Waals surface area contributed by atoms with Crippen molar-refractivity contribution in [1.82, 2.24) is 25.0 Å². The van der Waals surface area contributed by atoms with Gasteiger partial charge in [-0.15, -0.1) is 0 Å². The first-order valence-electron chi connectivity index (χ1n) is 8.85. The minimum absolute atomic E-state index is 0.0231. The smallest absolute Gasteiger partial charge is 0.227 e. The molecule has 1 aromatic carbocycles. The molecular weight excluding hydrogens is 330 g/mol. The van der Waals surface area contributed by atoms with Crippen LogP contribution in [0.5, 0.6) is 0 Å². The Morgan fingerprint density at radius 3 is 2.85 bits per heavy atom. The Hall–Kier alpha value is -2.96. The molecule has 134 valence electrons. The summed E-state index contributed by atoms with van der Waals surface area (Å²) in [5, 5.41) is 7.10. The van der Waals surface area contributed by atoms with E-state index in [0.717, 1.165) is 24.2 Å². The van der Waals surface area contributed by atoms with Crippen molar-refractivity contribution in [1.29, 1.82) is 0 Å². The molecule has 0 aliphatic heterocycles. The molecule has 7 heteroatoms. The predicted octanol–water partition coefficient (Wildman–Crippen LogP) is 2.67. The van der Waals surface area contributed by atoms with Gasteiger partial charge in [-0.1, -0.05) is 35.5 Å². The summed E-state index contributed by atoms with van der Waals surface area (Å²) in [6.45, 7) is 0. The molecule has 4 rings (SSSR count). The van der Waals surface area contributed by atoms with E-state index in [1.165, 1.54) is 0 Å². The van der Waals surface area contributed by atoms with E-state index in [2.05, 4.69) is 20.4 Å². The monoisotopic (exact) mass is 351 g/mol. The Kier molecular flexibility index (Phi) is 4.51. The fourth-order valence-corrected chi connectivity index (χ4v) is 3.03. The molecule has 0 bridgehead atoms. The second-order valence-corrected chi connectivity index (χ2v) is 6.66. The largest absolute Gasteiger partial charge is 0.346 e. The average Bonchev–Trinajstić information content (AvgIpc) is 3.24. The van der Waals surface area contributed by atoms with E-state index in [1.54, 1.807) is 6.20 Å². The summed E-state index contributed by atoms with van der Waals surface area (Å²) >= 11 is 0. The Balaban J connectivity index is 1.35. The molecule has 26 heavy (non-hydrogen) atoms. The highest BCUT2D eigenvalue weighted by atomic mass is 16.5. The molecule has 1 saturated carbocycles. The summed E-state index contributed by atoms with van der Waals surface area (Å²) in [6.07, 6.45) is 6.65. The first-order valence-corrected chi connectivity index (χ1v) is 8.85. The van der Waals surface area contributed by atoms with E-state index in [-0.39, 0.29) is 11.9 Å². The Morgan fingerprint density at radius 1 is 1.35 bits per heavy atom. The van der Waals surface area contributed by atoms with Gasteiger partial charge in [-0.3, -0.25) is 4.79 Å². The third-order valence-corrected chi connectivity index (χ3v) is 4.61. The fourth-order valence-electron chi connectivity index (χ4n) is 3.03. The zero-order chi connectivity index (χ0) is 17.9. The van der Waals surface area contributed by atoms with Crippen LogP contribution in [0.15, 0.2) is 47.2 Å². The summed E-state index contributed by atoms with van der Waals surface area (Å²) in [5.41, 5.74) is 0.899. The highest BCUT2D eigenvalue weighted by Crippen LogP contribution is 2.40. The van der Waals surface area contributed by atoms with Gasteiger partial charge in [0.05, 0.1) is 6.04 Å². The molecule has 1 fully saturated rings. The van der Waals surface area contributed by atoms with Crippen molar-refractivity contribution in [3.05, 3.63) is 54.4 Å². The minimum Gasteiger partial charge on any atom is -0.346 e. The Bertz CT molecular complexity index is 882. The van der Waals surface area contributed by atoms with E-state index < -0.39 is 0 Å². The first-order chi connectivity index (χ1) is 12.7. The number of amides is 1. The first kappa shape index (κ1) is 16.5. The van der Waals surface area contributed by atoms with Crippen molar-refractivity contribution < 1.29 is 9.32 Å². The summed E-state index contributed by atoms with van der Waals surface area (Å²) in [4.78, 5) is 21.2. The Labute approximate surface area is 151 Å². The molecule has 0 saturated heterocycles. The molecule has 3 aromatic rings. The number of aryl methyl sites for hydroxylation is 2. The standard InChI is InChI=1S/C19H21N5O2/c1-24-12-11-20-19(24)17(13-7-8-13)21-15(25)9-10-16-22-18(23-26-16)14-5-3-2-4-6-14/h2-6,11-13,17H,7-10H2,1H3,(H,21,25)/t17-/m1/s1. The van der Waals surface area contributed by atoms with Gasteiger partial charge in [-0.25, -0.2) is 4.98 Å².